The Morgan fingerprint density at radius 1 is 1.48 bits per heavy atom. The predicted molar refractivity (Wildman–Crippen MR) is 85.8 cm³/mol. The van der Waals surface area contributed by atoms with Gasteiger partial charge < -0.3 is 10.0 Å². The molecule has 2 N–H and O–H groups in total. The van der Waals surface area contributed by atoms with E-state index in [1.165, 1.54) is 0 Å². The van der Waals surface area contributed by atoms with E-state index < -0.39 is 16.1 Å². The molecule has 1 heterocycles. The Bertz CT molecular complexity index is 428. The van der Waals surface area contributed by atoms with Gasteiger partial charge >= 0.3 is 0 Å². The highest BCUT2D eigenvalue weighted by molar-refractivity contribution is 7.98. The molecule has 0 spiro atoms. The fourth-order valence-electron chi connectivity index (χ4n) is 2.45. The molecule has 8 heteroatoms. The molecule has 2 atom stereocenters. The zero-order chi connectivity index (χ0) is 15.9. The summed E-state index contributed by atoms with van der Waals surface area (Å²) in [6.07, 6.45) is 5.06. The first-order chi connectivity index (χ1) is 9.95. The highest BCUT2D eigenvalue weighted by Gasteiger charge is 2.32. The molecule has 0 aromatic heterocycles. The van der Waals surface area contributed by atoms with Crippen LogP contribution in [0.1, 0.15) is 32.6 Å². The molecule has 2 unspecified atom stereocenters. The maximum absolute atomic E-state index is 12.6. The van der Waals surface area contributed by atoms with Crippen LogP contribution in [0.4, 0.5) is 0 Å². The van der Waals surface area contributed by atoms with E-state index in [0.29, 0.717) is 18.7 Å². The van der Waals surface area contributed by atoms with Crippen LogP contribution in [-0.4, -0.2) is 67.3 Å². The minimum absolute atomic E-state index is 0.0422. The number of hydrogen-bond acceptors (Lipinski definition) is 5. The van der Waals surface area contributed by atoms with Gasteiger partial charge in [-0.1, -0.05) is 0 Å². The molecule has 1 fully saturated rings. The van der Waals surface area contributed by atoms with Gasteiger partial charge in [0.2, 0.25) is 15.9 Å². The van der Waals surface area contributed by atoms with Crippen molar-refractivity contribution in [2.24, 2.45) is 0 Å². The van der Waals surface area contributed by atoms with Crippen LogP contribution >= 0.6 is 11.8 Å². The fraction of sp³-hybridized carbons (Fsp3) is 0.923. The van der Waals surface area contributed by atoms with Crippen molar-refractivity contribution in [1.29, 1.82) is 0 Å². The standard InChI is InChI=1S/C13H26N2O4S2/c1-3-21(18,19)14-12(7-9-20-2)13(17)15-8-5-4-6-11(15)10-16/h11-12,14,16H,3-10H2,1-2H3. The summed E-state index contributed by atoms with van der Waals surface area (Å²) in [5.41, 5.74) is 0. The van der Waals surface area contributed by atoms with Crippen LogP contribution < -0.4 is 4.72 Å². The second-order valence-electron chi connectivity index (χ2n) is 5.22. The SMILES string of the molecule is CCS(=O)(=O)NC(CCSC)C(=O)N1CCCCC1CO. The largest absolute Gasteiger partial charge is 0.394 e. The quantitative estimate of drug-likeness (QED) is 0.670. The number of likely N-dealkylation sites (tertiary alicyclic amines) is 1. The highest BCUT2D eigenvalue weighted by atomic mass is 32.2. The summed E-state index contributed by atoms with van der Waals surface area (Å²) in [7, 11) is -3.43. The molecule has 0 saturated carbocycles. The lowest BCUT2D eigenvalue weighted by atomic mass is 10.0. The average molecular weight is 338 g/mol. The molecule has 1 amide bonds. The van der Waals surface area contributed by atoms with E-state index in [-0.39, 0.29) is 24.3 Å². The van der Waals surface area contributed by atoms with Crippen LogP contribution in [0.5, 0.6) is 0 Å². The van der Waals surface area contributed by atoms with E-state index in [4.69, 9.17) is 0 Å². The van der Waals surface area contributed by atoms with Gasteiger partial charge in [-0.25, -0.2) is 13.1 Å². The number of aliphatic hydroxyl groups is 1. The second kappa shape index (κ2) is 8.97. The zero-order valence-corrected chi connectivity index (χ0v) is 14.4. The molecule has 0 radical (unpaired) electrons. The van der Waals surface area contributed by atoms with Crippen LogP contribution in [0.15, 0.2) is 0 Å². The van der Waals surface area contributed by atoms with Crippen molar-refractivity contribution < 1.29 is 18.3 Å². The number of rotatable bonds is 8. The fourth-order valence-corrected chi connectivity index (χ4v) is 3.74. The van der Waals surface area contributed by atoms with E-state index in [1.807, 2.05) is 6.26 Å². The molecule has 124 valence electrons. The number of sulfonamides is 1. The van der Waals surface area contributed by atoms with E-state index in [0.717, 1.165) is 19.3 Å². The van der Waals surface area contributed by atoms with Crippen molar-refractivity contribution in [3.8, 4) is 0 Å². The summed E-state index contributed by atoms with van der Waals surface area (Å²) in [5, 5.41) is 9.41. The maximum atomic E-state index is 12.6. The second-order valence-corrected chi connectivity index (χ2v) is 8.25. The van der Waals surface area contributed by atoms with E-state index >= 15 is 0 Å². The third kappa shape index (κ3) is 5.77. The van der Waals surface area contributed by atoms with Gasteiger partial charge in [-0.05, 0) is 44.6 Å². The Hall–Kier alpha value is -0.310. The number of piperidine rings is 1. The Morgan fingerprint density at radius 3 is 2.76 bits per heavy atom. The molecular weight excluding hydrogens is 312 g/mol. The molecule has 1 saturated heterocycles. The summed E-state index contributed by atoms with van der Waals surface area (Å²) in [5.74, 6) is 0.458. The maximum Gasteiger partial charge on any atom is 0.241 e. The van der Waals surface area contributed by atoms with E-state index in [1.54, 1.807) is 23.6 Å². The number of nitrogens with one attached hydrogen (secondary N) is 1. The lowest BCUT2D eigenvalue weighted by molar-refractivity contribution is -0.137. The Balaban J connectivity index is 2.82. The number of hydrogen-bond donors (Lipinski definition) is 2. The number of thioether (sulfide) groups is 1. The monoisotopic (exact) mass is 338 g/mol. The van der Waals surface area contributed by atoms with Crippen LogP contribution in [0.2, 0.25) is 0 Å². The third-order valence-corrected chi connectivity index (χ3v) is 5.78. The number of carbonyl (C=O) groups is 1. The van der Waals surface area contributed by atoms with Crippen molar-refractivity contribution in [1.82, 2.24) is 9.62 Å². The summed E-state index contributed by atoms with van der Waals surface area (Å²) in [6, 6.07) is -0.913. The summed E-state index contributed by atoms with van der Waals surface area (Å²) < 4.78 is 26.1. The molecule has 21 heavy (non-hydrogen) atoms. The summed E-state index contributed by atoms with van der Waals surface area (Å²) in [6.45, 7) is 2.07. The van der Waals surface area contributed by atoms with Crippen molar-refractivity contribution in [2.45, 2.75) is 44.7 Å². The van der Waals surface area contributed by atoms with Gasteiger partial charge in [0.05, 0.1) is 18.4 Å². The van der Waals surface area contributed by atoms with Gasteiger partial charge in [0.1, 0.15) is 6.04 Å². The van der Waals surface area contributed by atoms with Gasteiger partial charge in [0, 0.05) is 6.54 Å². The van der Waals surface area contributed by atoms with Crippen molar-refractivity contribution in [2.75, 3.05) is 30.9 Å². The van der Waals surface area contributed by atoms with Crippen LogP contribution in [0.25, 0.3) is 0 Å². The zero-order valence-electron chi connectivity index (χ0n) is 12.7. The number of aliphatic hydroxyl groups excluding tert-OH is 1. The van der Waals surface area contributed by atoms with Gasteiger partial charge in [-0.2, -0.15) is 11.8 Å². The third-order valence-electron chi connectivity index (χ3n) is 3.73. The van der Waals surface area contributed by atoms with Crippen molar-refractivity contribution in [3.63, 3.8) is 0 Å². The van der Waals surface area contributed by atoms with E-state index in [9.17, 15) is 18.3 Å². The first-order valence-electron chi connectivity index (χ1n) is 7.35. The molecule has 1 rings (SSSR count). The first kappa shape index (κ1) is 18.7. The van der Waals surface area contributed by atoms with Crippen LogP contribution in [-0.2, 0) is 14.8 Å². The number of nitrogens with zero attached hydrogens (tertiary/aromatic N) is 1. The van der Waals surface area contributed by atoms with Gasteiger partial charge in [0.15, 0.2) is 0 Å². The lowest BCUT2D eigenvalue weighted by Crippen LogP contribution is -2.54. The van der Waals surface area contributed by atoms with Crippen molar-refractivity contribution >= 4 is 27.7 Å². The average Bonchev–Trinajstić information content (AvgIpc) is 2.50. The van der Waals surface area contributed by atoms with Gasteiger partial charge in [0.25, 0.3) is 0 Å². The Kier molecular flexibility index (Phi) is 8.00. The highest BCUT2D eigenvalue weighted by Crippen LogP contribution is 2.19. The molecule has 1 aliphatic rings. The van der Waals surface area contributed by atoms with Gasteiger partial charge in [-0.15, -0.1) is 0 Å². The summed E-state index contributed by atoms with van der Waals surface area (Å²) in [4.78, 5) is 14.3. The minimum Gasteiger partial charge on any atom is -0.394 e. The lowest BCUT2D eigenvalue weighted by Gasteiger charge is -2.37. The van der Waals surface area contributed by atoms with Crippen LogP contribution in [0, 0.1) is 0 Å². The molecule has 0 bridgehead atoms. The van der Waals surface area contributed by atoms with Crippen molar-refractivity contribution in [3.05, 3.63) is 0 Å². The molecule has 0 aromatic rings. The normalized spacial score (nSPS) is 21.3. The molecule has 0 aromatic carbocycles. The minimum atomic E-state index is -3.43. The Labute approximate surface area is 131 Å². The van der Waals surface area contributed by atoms with Gasteiger partial charge in [-0.3, -0.25) is 4.79 Å². The van der Waals surface area contributed by atoms with Crippen LogP contribution in [0.3, 0.4) is 0 Å². The first-order valence-corrected chi connectivity index (χ1v) is 10.4. The smallest absolute Gasteiger partial charge is 0.241 e. The molecular formula is C13H26N2O4S2. The predicted octanol–water partition coefficient (Wildman–Crippen LogP) is 0.421. The molecule has 0 aliphatic carbocycles. The van der Waals surface area contributed by atoms with E-state index in [2.05, 4.69) is 4.72 Å². The Morgan fingerprint density at radius 2 is 2.19 bits per heavy atom. The molecule has 6 nitrogen and oxygen atoms in total. The number of amides is 1. The summed E-state index contributed by atoms with van der Waals surface area (Å²) >= 11 is 1.58. The molecule has 1 aliphatic heterocycles. The topological polar surface area (TPSA) is 86.7 Å². The number of carbonyl (C=O) groups excluding carboxylic acids is 1.